The molecular weight excluding hydrogens is 492 g/mol. The van der Waals surface area contributed by atoms with E-state index in [2.05, 4.69) is 0 Å². The highest BCUT2D eigenvalue weighted by atomic mass is 16.6. The van der Waals surface area contributed by atoms with E-state index >= 15 is 0 Å². The van der Waals surface area contributed by atoms with Gasteiger partial charge in [-0.25, -0.2) is 4.79 Å². The van der Waals surface area contributed by atoms with Crippen LogP contribution in [0.4, 0.5) is 0 Å². The van der Waals surface area contributed by atoms with Crippen molar-refractivity contribution >= 4 is 28.8 Å². The molecule has 39 heavy (non-hydrogen) atoms. The fourth-order valence-electron chi connectivity index (χ4n) is 4.21. The van der Waals surface area contributed by atoms with Crippen molar-refractivity contribution in [2.24, 2.45) is 0 Å². The van der Waals surface area contributed by atoms with Crippen LogP contribution < -0.4 is 14.2 Å². The van der Waals surface area contributed by atoms with Crippen LogP contribution in [0.3, 0.4) is 0 Å². The molecule has 6 nitrogen and oxygen atoms in total. The lowest BCUT2D eigenvalue weighted by molar-refractivity contribution is 0.0731. The standard InChI is InChI=1S/C33H26O6/c1-21-9-13-23(14-10-21)27(34)16-11-22-12-17-29(30(19-22)37-3)39-33(35)31-26-20-25(36-2)15-18-28(26)38-32(31)24-7-5-4-6-8-24/h4-20H,1-3H3. The number of rotatable bonds is 8. The summed E-state index contributed by atoms with van der Waals surface area (Å²) in [5.41, 5.74) is 3.97. The number of aryl methyl sites for hydroxylation is 1. The maximum Gasteiger partial charge on any atom is 0.348 e. The average molecular weight is 519 g/mol. The molecule has 194 valence electrons. The van der Waals surface area contributed by atoms with Crippen LogP contribution >= 0.6 is 0 Å². The molecular formula is C33H26O6. The first-order valence-electron chi connectivity index (χ1n) is 12.3. The molecule has 0 N–H and O–H groups in total. The molecule has 0 saturated carbocycles. The van der Waals surface area contributed by atoms with Crippen molar-refractivity contribution in [2.75, 3.05) is 14.2 Å². The van der Waals surface area contributed by atoms with Gasteiger partial charge in [0.05, 0.1) is 14.2 Å². The molecule has 0 spiro atoms. The van der Waals surface area contributed by atoms with Gasteiger partial charge in [-0.1, -0.05) is 72.3 Å². The molecule has 0 radical (unpaired) electrons. The normalized spacial score (nSPS) is 11.1. The molecule has 1 aromatic heterocycles. The fourth-order valence-corrected chi connectivity index (χ4v) is 4.21. The van der Waals surface area contributed by atoms with Gasteiger partial charge in [-0.05, 0) is 48.9 Å². The first-order valence-corrected chi connectivity index (χ1v) is 12.3. The van der Waals surface area contributed by atoms with Crippen molar-refractivity contribution in [2.45, 2.75) is 6.92 Å². The van der Waals surface area contributed by atoms with Gasteiger partial charge in [0.2, 0.25) is 0 Å². The number of fused-ring (bicyclic) bond motifs is 1. The lowest BCUT2D eigenvalue weighted by Crippen LogP contribution is -2.10. The summed E-state index contributed by atoms with van der Waals surface area (Å²) in [4.78, 5) is 26.1. The van der Waals surface area contributed by atoms with Gasteiger partial charge in [0, 0.05) is 16.5 Å². The van der Waals surface area contributed by atoms with Crippen LogP contribution in [-0.4, -0.2) is 26.0 Å². The molecule has 6 heteroatoms. The van der Waals surface area contributed by atoms with Crippen LogP contribution in [0.2, 0.25) is 0 Å². The van der Waals surface area contributed by atoms with Crippen molar-refractivity contribution in [3.8, 4) is 28.6 Å². The smallest absolute Gasteiger partial charge is 0.348 e. The number of methoxy groups -OCH3 is 2. The Morgan fingerprint density at radius 3 is 2.28 bits per heavy atom. The molecule has 5 rings (SSSR count). The first kappa shape index (κ1) is 25.5. The molecule has 0 saturated heterocycles. The van der Waals surface area contributed by atoms with Crippen LogP contribution in [0.5, 0.6) is 17.2 Å². The Hall–Kier alpha value is -5.10. The minimum Gasteiger partial charge on any atom is -0.497 e. The zero-order chi connectivity index (χ0) is 27.4. The molecule has 5 aromatic rings. The van der Waals surface area contributed by atoms with Crippen LogP contribution in [0.15, 0.2) is 101 Å². The molecule has 4 aromatic carbocycles. The SMILES string of the molecule is COc1ccc2oc(-c3ccccc3)c(C(=O)Oc3ccc(C=CC(=O)c4ccc(C)cc4)cc3OC)c2c1. The van der Waals surface area contributed by atoms with Gasteiger partial charge in [0.1, 0.15) is 22.7 Å². The van der Waals surface area contributed by atoms with E-state index in [-0.39, 0.29) is 17.1 Å². The number of ketones is 1. The highest BCUT2D eigenvalue weighted by Crippen LogP contribution is 2.37. The monoisotopic (exact) mass is 518 g/mol. The highest BCUT2D eigenvalue weighted by molar-refractivity contribution is 6.10. The highest BCUT2D eigenvalue weighted by Gasteiger charge is 2.25. The second-order valence-electron chi connectivity index (χ2n) is 8.90. The topological polar surface area (TPSA) is 75.0 Å². The number of hydrogen-bond donors (Lipinski definition) is 0. The molecule has 1 heterocycles. The zero-order valence-corrected chi connectivity index (χ0v) is 21.8. The molecule has 0 bridgehead atoms. The number of hydrogen-bond acceptors (Lipinski definition) is 6. The summed E-state index contributed by atoms with van der Waals surface area (Å²) in [6.07, 6.45) is 3.20. The van der Waals surface area contributed by atoms with Gasteiger partial charge in [-0.15, -0.1) is 0 Å². The zero-order valence-electron chi connectivity index (χ0n) is 21.8. The van der Waals surface area contributed by atoms with E-state index in [4.69, 9.17) is 18.6 Å². The number of carbonyl (C=O) groups is 2. The third-order valence-corrected chi connectivity index (χ3v) is 6.29. The molecule has 0 amide bonds. The summed E-state index contributed by atoms with van der Waals surface area (Å²) in [6, 6.07) is 27.1. The van der Waals surface area contributed by atoms with Gasteiger partial charge in [0.25, 0.3) is 0 Å². The Morgan fingerprint density at radius 1 is 0.795 bits per heavy atom. The first-order chi connectivity index (χ1) is 19.0. The van der Waals surface area contributed by atoms with E-state index in [1.165, 1.54) is 13.2 Å². The summed E-state index contributed by atoms with van der Waals surface area (Å²) in [6.45, 7) is 1.97. The predicted octanol–water partition coefficient (Wildman–Crippen LogP) is 7.54. The van der Waals surface area contributed by atoms with E-state index in [1.807, 2.05) is 49.4 Å². The lowest BCUT2D eigenvalue weighted by Gasteiger charge is -2.10. The number of benzene rings is 4. The largest absolute Gasteiger partial charge is 0.497 e. The van der Waals surface area contributed by atoms with Crippen molar-refractivity contribution in [1.29, 1.82) is 0 Å². The summed E-state index contributed by atoms with van der Waals surface area (Å²) in [5.74, 6) is 0.862. The maximum absolute atomic E-state index is 13.6. The molecule has 0 aliphatic rings. The number of furan rings is 1. The number of ether oxygens (including phenoxy) is 3. The third kappa shape index (κ3) is 5.45. The minimum atomic E-state index is -0.600. The Morgan fingerprint density at radius 2 is 1.56 bits per heavy atom. The van der Waals surface area contributed by atoms with Crippen molar-refractivity contribution < 1.29 is 28.2 Å². The van der Waals surface area contributed by atoms with Crippen molar-refractivity contribution in [3.05, 3.63) is 119 Å². The van der Waals surface area contributed by atoms with Gasteiger partial charge in [-0.3, -0.25) is 4.79 Å². The van der Waals surface area contributed by atoms with Crippen LogP contribution in [0.1, 0.15) is 31.8 Å². The Kier molecular flexibility index (Phi) is 7.28. The Balaban J connectivity index is 1.45. The molecule has 0 aliphatic carbocycles. The van der Waals surface area contributed by atoms with E-state index in [0.29, 0.717) is 33.8 Å². The second-order valence-corrected chi connectivity index (χ2v) is 8.90. The van der Waals surface area contributed by atoms with Crippen LogP contribution in [-0.2, 0) is 0 Å². The summed E-state index contributed by atoms with van der Waals surface area (Å²) >= 11 is 0. The van der Waals surface area contributed by atoms with Gasteiger partial charge in [-0.2, -0.15) is 0 Å². The second kappa shape index (κ2) is 11.1. The number of allylic oxidation sites excluding steroid dienone is 1. The Labute approximate surface area is 226 Å². The van der Waals surface area contributed by atoms with Gasteiger partial charge in [0.15, 0.2) is 17.3 Å². The number of carbonyl (C=O) groups excluding carboxylic acids is 2. The molecule has 0 atom stereocenters. The van der Waals surface area contributed by atoms with Crippen LogP contribution in [0.25, 0.3) is 28.4 Å². The van der Waals surface area contributed by atoms with E-state index < -0.39 is 5.97 Å². The van der Waals surface area contributed by atoms with E-state index in [1.54, 1.807) is 61.7 Å². The van der Waals surface area contributed by atoms with E-state index in [0.717, 1.165) is 16.7 Å². The quantitative estimate of drug-likeness (QED) is 0.0914. The lowest BCUT2D eigenvalue weighted by atomic mass is 10.1. The minimum absolute atomic E-state index is 0.111. The van der Waals surface area contributed by atoms with E-state index in [9.17, 15) is 9.59 Å². The summed E-state index contributed by atoms with van der Waals surface area (Å²) < 4.78 is 22.8. The van der Waals surface area contributed by atoms with Crippen molar-refractivity contribution in [3.63, 3.8) is 0 Å². The fraction of sp³-hybridized carbons (Fsp3) is 0.0909. The van der Waals surface area contributed by atoms with Gasteiger partial charge < -0.3 is 18.6 Å². The predicted molar refractivity (Wildman–Crippen MR) is 151 cm³/mol. The number of esters is 1. The van der Waals surface area contributed by atoms with Gasteiger partial charge >= 0.3 is 5.97 Å². The maximum atomic E-state index is 13.6. The molecule has 0 unspecified atom stereocenters. The summed E-state index contributed by atoms with van der Waals surface area (Å²) in [5, 5.41) is 0.575. The molecule has 0 aliphatic heterocycles. The molecule has 0 fully saturated rings. The summed E-state index contributed by atoms with van der Waals surface area (Å²) in [7, 11) is 3.05. The third-order valence-electron chi connectivity index (χ3n) is 6.29. The van der Waals surface area contributed by atoms with Crippen molar-refractivity contribution in [1.82, 2.24) is 0 Å². The Bertz CT molecular complexity index is 1680. The average Bonchev–Trinajstić information content (AvgIpc) is 3.36. The van der Waals surface area contributed by atoms with Crippen LogP contribution in [0, 0.1) is 6.92 Å².